The first-order chi connectivity index (χ1) is 6.70. The zero-order chi connectivity index (χ0) is 10.6. The summed E-state index contributed by atoms with van der Waals surface area (Å²) in [5.74, 6) is 0. The van der Waals surface area contributed by atoms with Gasteiger partial charge >= 0.3 is 5.69 Å². The van der Waals surface area contributed by atoms with Crippen molar-refractivity contribution in [2.24, 2.45) is 0 Å². The van der Waals surface area contributed by atoms with Crippen LogP contribution in [0.2, 0.25) is 0 Å². The third-order valence-electron chi connectivity index (χ3n) is 1.92. The molecule has 0 bridgehead atoms. The average Bonchev–Trinajstić information content (AvgIpc) is 2.17. The topological polar surface area (TPSA) is 44.0 Å². The Kier molecular flexibility index (Phi) is 3.45. The number of nitrogens with zero attached hydrogens (tertiary/aromatic N) is 2. The van der Waals surface area contributed by atoms with Gasteiger partial charge in [-0.2, -0.15) is 0 Å². The van der Waals surface area contributed by atoms with Gasteiger partial charge in [-0.1, -0.05) is 13.0 Å². The van der Waals surface area contributed by atoms with E-state index in [1.54, 1.807) is 6.08 Å². The van der Waals surface area contributed by atoms with E-state index in [1.165, 1.54) is 21.4 Å². The maximum absolute atomic E-state index is 11.6. The molecule has 0 aliphatic carbocycles. The number of allylic oxidation sites excluding steroid dienone is 1. The number of aromatic nitrogens is 2. The van der Waals surface area contributed by atoms with E-state index in [9.17, 15) is 9.59 Å². The summed E-state index contributed by atoms with van der Waals surface area (Å²) in [5.41, 5.74) is -0.540. The normalized spacial score (nSPS) is 10.1. The van der Waals surface area contributed by atoms with Gasteiger partial charge in [0.15, 0.2) is 0 Å². The summed E-state index contributed by atoms with van der Waals surface area (Å²) in [6.45, 7) is 6.39. The highest BCUT2D eigenvalue weighted by Crippen LogP contribution is 1.83. The van der Waals surface area contributed by atoms with Gasteiger partial charge in [0.2, 0.25) is 0 Å². The monoisotopic (exact) mass is 194 g/mol. The summed E-state index contributed by atoms with van der Waals surface area (Å²) < 4.78 is 2.70. The van der Waals surface area contributed by atoms with Gasteiger partial charge in [-0.15, -0.1) is 6.58 Å². The van der Waals surface area contributed by atoms with Crippen LogP contribution >= 0.6 is 0 Å². The zero-order valence-corrected chi connectivity index (χ0v) is 8.27. The third kappa shape index (κ3) is 2.02. The highest BCUT2D eigenvalue weighted by Gasteiger charge is 2.01. The van der Waals surface area contributed by atoms with Crippen LogP contribution in [0, 0.1) is 0 Å². The molecule has 0 atom stereocenters. The Hall–Kier alpha value is -1.58. The van der Waals surface area contributed by atoms with Crippen LogP contribution in [0.5, 0.6) is 0 Å². The van der Waals surface area contributed by atoms with Crippen LogP contribution < -0.4 is 11.2 Å². The smallest absolute Gasteiger partial charge is 0.300 e. The third-order valence-corrected chi connectivity index (χ3v) is 1.92. The molecule has 1 aromatic heterocycles. The van der Waals surface area contributed by atoms with Gasteiger partial charge in [0.05, 0.1) is 0 Å². The maximum Gasteiger partial charge on any atom is 0.331 e. The lowest BCUT2D eigenvalue weighted by Gasteiger charge is -2.06. The lowest BCUT2D eigenvalue weighted by atomic mass is 10.4. The molecule has 0 radical (unpaired) electrons. The van der Waals surface area contributed by atoms with Crippen LogP contribution in [0.25, 0.3) is 0 Å². The van der Waals surface area contributed by atoms with Gasteiger partial charge in [-0.05, 0) is 6.42 Å². The number of hydrogen-bond donors (Lipinski definition) is 0. The molecule has 1 rings (SSSR count). The summed E-state index contributed by atoms with van der Waals surface area (Å²) in [7, 11) is 0. The quantitative estimate of drug-likeness (QED) is 0.659. The molecule has 0 aliphatic heterocycles. The van der Waals surface area contributed by atoms with Gasteiger partial charge in [0.1, 0.15) is 0 Å². The Morgan fingerprint density at radius 2 is 2.21 bits per heavy atom. The van der Waals surface area contributed by atoms with Crippen molar-refractivity contribution in [3.05, 3.63) is 45.8 Å². The second kappa shape index (κ2) is 4.60. The van der Waals surface area contributed by atoms with Crippen LogP contribution in [0.3, 0.4) is 0 Å². The molecule has 0 unspecified atom stereocenters. The van der Waals surface area contributed by atoms with Gasteiger partial charge in [0, 0.05) is 25.4 Å². The molecular weight excluding hydrogens is 180 g/mol. The van der Waals surface area contributed by atoms with Crippen LogP contribution in [0.1, 0.15) is 13.3 Å². The van der Waals surface area contributed by atoms with Crippen molar-refractivity contribution in [3.8, 4) is 0 Å². The molecule has 0 amide bonds. The number of rotatable bonds is 4. The summed E-state index contributed by atoms with van der Waals surface area (Å²) >= 11 is 0. The molecule has 0 saturated carbocycles. The minimum atomic E-state index is -0.276. The van der Waals surface area contributed by atoms with Crippen LogP contribution in [0.4, 0.5) is 0 Å². The molecule has 4 heteroatoms. The van der Waals surface area contributed by atoms with E-state index in [2.05, 4.69) is 6.58 Å². The number of aryl methyl sites for hydroxylation is 1. The lowest BCUT2D eigenvalue weighted by molar-refractivity contribution is 0.575. The highest BCUT2D eigenvalue weighted by atomic mass is 16.2. The van der Waals surface area contributed by atoms with Crippen molar-refractivity contribution in [2.75, 3.05) is 0 Å². The molecule has 0 spiro atoms. The van der Waals surface area contributed by atoms with Gasteiger partial charge in [0.25, 0.3) is 5.56 Å². The fourth-order valence-electron chi connectivity index (χ4n) is 1.27. The van der Waals surface area contributed by atoms with Crippen molar-refractivity contribution in [1.82, 2.24) is 9.13 Å². The minimum absolute atomic E-state index is 0.265. The maximum atomic E-state index is 11.6. The standard InChI is InChI=1S/C10H14N2O2/c1-3-6-11-8-5-9(13)12(7-4-2)10(11)14/h4-5,8H,2-3,6-7H2,1H3. The SMILES string of the molecule is C=CCn1c(=O)ccn(CCC)c1=O. The Labute approximate surface area is 82.1 Å². The second-order valence-corrected chi connectivity index (χ2v) is 3.03. The van der Waals surface area contributed by atoms with Crippen LogP contribution in [-0.2, 0) is 13.1 Å². The molecule has 0 fully saturated rings. The van der Waals surface area contributed by atoms with E-state index in [0.29, 0.717) is 6.54 Å². The van der Waals surface area contributed by atoms with Crippen molar-refractivity contribution in [2.45, 2.75) is 26.4 Å². The zero-order valence-electron chi connectivity index (χ0n) is 8.27. The largest absolute Gasteiger partial charge is 0.331 e. The van der Waals surface area contributed by atoms with E-state index < -0.39 is 0 Å². The lowest BCUT2D eigenvalue weighted by Crippen LogP contribution is -2.38. The minimum Gasteiger partial charge on any atom is -0.300 e. The molecule has 1 aromatic rings. The summed E-state index contributed by atoms with van der Waals surface area (Å²) in [4.78, 5) is 22.9. The molecule has 1 heterocycles. The molecule has 4 nitrogen and oxygen atoms in total. The van der Waals surface area contributed by atoms with E-state index in [0.717, 1.165) is 6.42 Å². The molecule has 14 heavy (non-hydrogen) atoms. The van der Waals surface area contributed by atoms with Crippen molar-refractivity contribution < 1.29 is 0 Å². The Morgan fingerprint density at radius 3 is 2.79 bits per heavy atom. The molecule has 76 valence electrons. The summed E-state index contributed by atoms with van der Waals surface area (Å²) in [6.07, 6.45) is 3.94. The van der Waals surface area contributed by atoms with E-state index in [4.69, 9.17) is 0 Å². The van der Waals surface area contributed by atoms with Crippen LogP contribution in [0.15, 0.2) is 34.5 Å². The fourth-order valence-corrected chi connectivity index (χ4v) is 1.27. The van der Waals surface area contributed by atoms with Crippen molar-refractivity contribution >= 4 is 0 Å². The molecular formula is C10H14N2O2. The van der Waals surface area contributed by atoms with Crippen molar-refractivity contribution in [3.63, 3.8) is 0 Å². The van der Waals surface area contributed by atoms with E-state index in [-0.39, 0.29) is 17.8 Å². The molecule has 0 aromatic carbocycles. The van der Waals surface area contributed by atoms with Gasteiger partial charge < -0.3 is 4.57 Å². The Balaban J connectivity index is 3.26. The van der Waals surface area contributed by atoms with Gasteiger partial charge in [-0.3, -0.25) is 9.36 Å². The molecule has 0 aliphatic rings. The predicted octanol–water partition coefficient (Wildman–Crippen LogP) is 0.606. The Morgan fingerprint density at radius 1 is 1.50 bits per heavy atom. The second-order valence-electron chi connectivity index (χ2n) is 3.03. The fraction of sp³-hybridized carbons (Fsp3) is 0.400. The summed E-state index contributed by atoms with van der Waals surface area (Å²) in [6, 6.07) is 1.40. The van der Waals surface area contributed by atoms with E-state index in [1.807, 2.05) is 6.92 Å². The van der Waals surface area contributed by atoms with Crippen molar-refractivity contribution in [1.29, 1.82) is 0 Å². The highest BCUT2D eigenvalue weighted by molar-refractivity contribution is 4.88. The average molecular weight is 194 g/mol. The first-order valence-electron chi connectivity index (χ1n) is 4.62. The predicted molar refractivity (Wildman–Crippen MR) is 55.5 cm³/mol. The number of hydrogen-bond acceptors (Lipinski definition) is 2. The summed E-state index contributed by atoms with van der Waals surface area (Å²) in [5, 5.41) is 0. The van der Waals surface area contributed by atoms with Gasteiger partial charge in [-0.25, -0.2) is 4.79 Å². The first-order valence-corrected chi connectivity index (χ1v) is 4.62. The van der Waals surface area contributed by atoms with E-state index >= 15 is 0 Å². The van der Waals surface area contributed by atoms with Crippen LogP contribution in [-0.4, -0.2) is 9.13 Å². The molecule has 0 N–H and O–H groups in total. The Bertz CT molecular complexity index is 428. The molecule has 0 saturated heterocycles. The first kappa shape index (κ1) is 10.5.